The average Bonchev–Trinajstić information content (AvgIpc) is 3.66. The van der Waals surface area contributed by atoms with Gasteiger partial charge in [-0.1, -0.05) is 33.6 Å². The van der Waals surface area contributed by atoms with Gasteiger partial charge in [0.05, 0.1) is 13.0 Å². The molecule has 2 aromatic rings. The van der Waals surface area contributed by atoms with E-state index in [0.29, 0.717) is 42.4 Å². The van der Waals surface area contributed by atoms with Crippen molar-refractivity contribution in [3.05, 3.63) is 39.9 Å². The molecule has 236 valence electrons. The Morgan fingerprint density at radius 1 is 1.12 bits per heavy atom. The van der Waals surface area contributed by atoms with Crippen LogP contribution in [0.4, 0.5) is 0 Å². The lowest BCUT2D eigenvalue weighted by atomic mass is 9.96. The third-order valence-electron chi connectivity index (χ3n) is 7.76. The number of nitrogens with one attached hydrogen (secondary N) is 1. The summed E-state index contributed by atoms with van der Waals surface area (Å²) in [5, 5.41) is 5.08. The second-order valence-electron chi connectivity index (χ2n) is 11.9. The summed E-state index contributed by atoms with van der Waals surface area (Å²) in [6.07, 6.45) is 7.50. The Morgan fingerprint density at radius 3 is 2.37 bits per heavy atom. The number of esters is 2. The van der Waals surface area contributed by atoms with E-state index in [2.05, 4.69) is 20.3 Å². The van der Waals surface area contributed by atoms with E-state index in [1.165, 1.54) is 38.2 Å². The molecule has 1 unspecified atom stereocenters. The minimum Gasteiger partial charge on any atom is -0.469 e. The summed E-state index contributed by atoms with van der Waals surface area (Å²) < 4.78 is 10.6. The molecule has 1 fully saturated rings. The molecule has 0 radical (unpaired) electrons. The Balaban J connectivity index is 1.75. The van der Waals surface area contributed by atoms with Crippen molar-refractivity contribution >= 4 is 35.1 Å². The topological polar surface area (TPSA) is 141 Å². The lowest BCUT2D eigenvalue weighted by Crippen LogP contribution is -2.41. The van der Waals surface area contributed by atoms with Gasteiger partial charge in [-0.15, -0.1) is 11.3 Å². The summed E-state index contributed by atoms with van der Waals surface area (Å²) in [4.78, 5) is 65.5. The van der Waals surface area contributed by atoms with E-state index in [1.807, 2.05) is 20.8 Å². The molecule has 3 rings (SSSR count). The van der Waals surface area contributed by atoms with Gasteiger partial charge in [-0.2, -0.15) is 0 Å². The van der Waals surface area contributed by atoms with E-state index < -0.39 is 29.9 Å². The molecule has 1 N–H and O–H groups in total. The first kappa shape index (κ1) is 34.1. The minimum atomic E-state index is -0.716. The zero-order chi connectivity index (χ0) is 31.7. The van der Waals surface area contributed by atoms with Crippen molar-refractivity contribution in [2.45, 2.75) is 97.8 Å². The van der Waals surface area contributed by atoms with Crippen LogP contribution in [0.15, 0.2) is 17.8 Å². The molecule has 2 heterocycles. The van der Waals surface area contributed by atoms with E-state index in [-0.39, 0.29) is 29.5 Å². The Kier molecular flexibility index (Phi) is 12.6. The number of carbonyl (C=O) groups excluding carboxylic acids is 4. The summed E-state index contributed by atoms with van der Waals surface area (Å²) in [6, 6.07) is -0.643. The molecule has 4 atom stereocenters. The molecule has 0 saturated heterocycles. The van der Waals surface area contributed by atoms with Crippen molar-refractivity contribution in [1.29, 1.82) is 0 Å². The van der Waals surface area contributed by atoms with Crippen LogP contribution in [-0.4, -0.2) is 69.8 Å². The highest BCUT2D eigenvalue weighted by Gasteiger charge is 2.32. The van der Waals surface area contributed by atoms with Crippen LogP contribution in [0.5, 0.6) is 0 Å². The van der Waals surface area contributed by atoms with Gasteiger partial charge in [-0.05, 0) is 37.2 Å². The summed E-state index contributed by atoms with van der Waals surface area (Å²) in [7, 11) is 3.14. The van der Waals surface area contributed by atoms with Gasteiger partial charge in [0.1, 0.15) is 16.5 Å². The lowest BCUT2D eigenvalue weighted by Gasteiger charge is -2.33. The Bertz CT molecular complexity index is 1250. The fraction of sp³-hybridized carbons (Fsp3) is 0.645. The van der Waals surface area contributed by atoms with Crippen molar-refractivity contribution in [3.63, 3.8) is 0 Å². The summed E-state index contributed by atoms with van der Waals surface area (Å²) >= 11 is 1.23. The van der Waals surface area contributed by atoms with Crippen LogP contribution >= 0.6 is 11.3 Å². The van der Waals surface area contributed by atoms with Crippen LogP contribution in [0.25, 0.3) is 0 Å². The van der Waals surface area contributed by atoms with Gasteiger partial charge in [0.25, 0.3) is 5.91 Å². The molecule has 0 bridgehead atoms. The maximum atomic E-state index is 13.4. The standard InChI is InChI=1S/C31H45N5O6S/c1-18(2)25(36(6)28(38)11-10-22-8-9-22)14-26(42-21(5)37)30-35-24(17-43-30)29(39)34-23(12-20(4)31(40)41-7)13-27-32-15-19(3)16-33-27/h15-18,20,22-23,25-26H,8-14H2,1-7H3,(H,34,39)/t20-,23+,25?,26+/m0/s1. The normalized spacial score (nSPS) is 15.7. The number of hydrogen-bond donors (Lipinski definition) is 1. The van der Waals surface area contributed by atoms with Crippen LogP contribution in [0.3, 0.4) is 0 Å². The maximum Gasteiger partial charge on any atom is 0.308 e. The van der Waals surface area contributed by atoms with Crippen molar-refractivity contribution < 1.29 is 28.7 Å². The van der Waals surface area contributed by atoms with E-state index in [0.717, 1.165) is 12.0 Å². The number of carbonyl (C=O) groups is 4. The zero-order valence-electron chi connectivity index (χ0n) is 26.3. The van der Waals surface area contributed by atoms with E-state index >= 15 is 0 Å². The van der Waals surface area contributed by atoms with Gasteiger partial charge in [0, 0.05) is 63.1 Å². The van der Waals surface area contributed by atoms with Crippen LogP contribution in [0, 0.1) is 24.7 Å². The minimum absolute atomic E-state index is 0.0798. The zero-order valence-corrected chi connectivity index (χ0v) is 27.1. The molecular weight excluding hydrogens is 570 g/mol. The fourth-order valence-electron chi connectivity index (χ4n) is 5.05. The van der Waals surface area contributed by atoms with Crippen molar-refractivity contribution in [2.24, 2.45) is 17.8 Å². The molecule has 0 aromatic carbocycles. The molecule has 1 saturated carbocycles. The average molecular weight is 616 g/mol. The maximum absolute atomic E-state index is 13.4. The van der Waals surface area contributed by atoms with Crippen molar-refractivity contribution in [3.8, 4) is 0 Å². The Labute approximate surface area is 258 Å². The molecule has 0 spiro atoms. The summed E-state index contributed by atoms with van der Waals surface area (Å²) in [5.74, 6) is -0.337. The molecule has 0 aliphatic heterocycles. The molecule has 2 aromatic heterocycles. The highest BCUT2D eigenvalue weighted by atomic mass is 32.1. The Hall–Kier alpha value is -3.41. The van der Waals surface area contributed by atoms with Gasteiger partial charge in [0.15, 0.2) is 6.10 Å². The Morgan fingerprint density at radius 2 is 1.79 bits per heavy atom. The number of thiazole rings is 1. The second kappa shape index (κ2) is 15.9. The first-order valence-corrected chi connectivity index (χ1v) is 15.8. The lowest BCUT2D eigenvalue weighted by molar-refractivity contribution is -0.148. The molecule has 11 nitrogen and oxygen atoms in total. The van der Waals surface area contributed by atoms with Gasteiger partial charge in [-0.3, -0.25) is 19.2 Å². The van der Waals surface area contributed by atoms with Crippen LogP contribution in [-0.2, 0) is 30.3 Å². The molecule has 12 heteroatoms. The highest BCUT2D eigenvalue weighted by Crippen LogP contribution is 2.34. The fourth-order valence-corrected chi connectivity index (χ4v) is 5.89. The van der Waals surface area contributed by atoms with Crippen LogP contribution in [0.1, 0.15) is 99.2 Å². The van der Waals surface area contributed by atoms with Gasteiger partial charge < -0.3 is 19.7 Å². The van der Waals surface area contributed by atoms with Gasteiger partial charge in [0.2, 0.25) is 5.91 Å². The number of amides is 2. The molecular formula is C31H45N5O6S. The van der Waals surface area contributed by atoms with Crippen molar-refractivity contribution in [2.75, 3.05) is 14.2 Å². The van der Waals surface area contributed by atoms with Crippen molar-refractivity contribution in [1.82, 2.24) is 25.2 Å². The number of aryl methyl sites for hydroxylation is 1. The van der Waals surface area contributed by atoms with Gasteiger partial charge >= 0.3 is 11.9 Å². The summed E-state index contributed by atoms with van der Waals surface area (Å²) in [5.41, 5.74) is 1.09. The summed E-state index contributed by atoms with van der Waals surface area (Å²) in [6.45, 7) is 9.04. The highest BCUT2D eigenvalue weighted by molar-refractivity contribution is 7.09. The largest absolute Gasteiger partial charge is 0.469 e. The first-order chi connectivity index (χ1) is 20.4. The number of hydrogen-bond acceptors (Lipinski definition) is 10. The first-order valence-electron chi connectivity index (χ1n) is 14.9. The monoisotopic (exact) mass is 615 g/mol. The predicted molar refractivity (Wildman–Crippen MR) is 162 cm³/mol. The van der Waals surface area contributed by atoms with E-state index in [1.54, 1.807) is 36.6 Å². The third-order valence-corrected chi connectivity index (χ3v) is 8.69. The smallest absolute Gasteiger partial charge is 0.308 e. The molecule has 43 heavy (non-hydrogen) atoms. The van der Waals surface area contributed by atoms with Crippen LogP contribution < -0.4 is 5.32 Å². The number of rotatable bonds is 16. The third kappa shape index (κ3) is 10.7. The molecule has 1 aliphatic rings. The van der Waals surface area contributed by atoms with E-state index in [9.17, 15) is 19.2 Å². The number of nitrogens with zero attached hydrogens (tertiary/aromatic N) is 4. The number of methoxy groups -OCH3 is 1. The SMILES string of the molecule is COC(=O)[C@@H](C)C[C@H](Cc1ncc(C)cn1)NC(=O)c1csc([C@@H](CC(C(C)C)N(C)C(=O)CCC2CC2)OC(C)=O)n1. The predicted octanol–water partition coefficient (Wildman–Crippen LogP) is 4.45. The van der Waals surface area contributed by atoms with Gasteiger partial charge in [-0.25, -0.2) is 15.0 Å². The van der Waals surface area contributed by atoms with Crippen LogP contribution in [0.2, 0.25) is 0 Å². The molecule has 2 amide bonds. The van der Waals surface area contributed by atoms with E-state index in [4.69, 9.17) is 9.47 Å². The molecule has 1 aliphatic carbocycles. The quantitative estimate of drug-likeness (QED) is 0.271. The number of aromatic nitrogens is 3. The second-order valence-corrected chi connectivity index (χ2v) is 12.8. The number of ether oxygens (including phenoxy) is 2.